The summed E-state index contributed by atoms with van der Waals surface area (Å²) in [5.41, 5.74) is 4.78. The Morgan fingerprint density at radius 1 is 0.926 bits per heavy atom. The normalized spacial score (nSPS) is 15.4. The van der Waals surface area contributed by atoms with Crippen molar-refractivity contribution in [3.63, 3.8) is 0 Å². The zero-order valence-corrected chi connectivity index (χ0v) is 16.3. The van der Waals surface area contributed by atoms with Gasteiger partial charge in [-0.05, 0) is 34.9 Å². The SMILES string of the molecule is Cl.Clc1ccc(C2CN=C(NCc3ccccc3)Nc3ccccc32)cc1. The summed E-state index contributed by atoms with van der Waals surface area (Å²) in [5, 5.41) is 7.62. The second kappa shape index (κ2) is 8.94. The maximum absolute atomic E-state index is 6.06. The molecule has 138 valence electrons. The van der Waals surface area contributed by atoms with Crippen molar-refractivity contribution in [1.82, 2.24) is 5.32 Å². The minimum absolute atomic E-state index is 0. The van der Waals surface area contributed by atoms with Gasteiger partial charge in [0.25, 0.3) is 0 Å². The van der Waals surface area contributed by atoms with Gasteiger partial charge in [0.05, 0.1) is 6.54 Å². The molecule has 1 aliphatic heterocycles. The van der Waals surface area contributed by atoms with Gasteiger partial charge in [-0.25, -0.2) is 0 Å². The van der Waals surface area contributed by atoms with Crippen molar-refractivity contribution in [1.29, 1.82) is 0 Å². The predicted molar refractivity (Wildman–Crippen MR) is 116 cm³/mol. The quantitative estimate of drug-likeness (QED) is 0.614. The lowest BCUT2D eigenvalue weighted by molar-refractivity contribution is 0.817. The highest BCUT2D eigenvalue weighted by atomic mass is 35.5. The van der Waals surface area contributed by atoms with E-state index in [4.69, 9.17) is 16.6 Å². The van der Waals surface area contributed by atoms with Gasteiger partial charge in [0.15, 0.2) is 5.96 Å². The van der Waals surface area contributed by atoms with Crippen LogP contribution >= 0.6 is 24.0 Å². The van der Waals surface area contributed by atoms with Crippen molar-refractivity contribution in [3.8, 4) is 0 Å². The number of fused-ring (bicyclic) bond motifs is 1. The van der Waals surface area contributed by atoms with E-state index < -0.39 is 0 Å². The summed E-state index contributed by atoms with van der Waals surface area (Å²) in [6.07, 6.45) is 0. The van der Waals surface area contributed by atoms with Crippen LogP contribution in [-0.2, 0) is 6.54 Å². The molecule has 0 saturated carbocycles. The van der Waals surface area contributed by atoms with Gasteiger partial charge in [-0.15, -0.1) is 12.4 Å². The number of anilines is 1. The molecule has 0 amide bonds. The van der Waals surface area contributed by atoms with E-state index in [2.05, 4.69) is 53.1 Å². The van der Waals surface area contributed by atoms with Gasteiger partial charge in [-0.1, -0.05) is 72.3 Å². The average Bonchev–Trinajstić information content (AvgIpc) is 2.87. The van der Waals surface area contributed by atoms with E-state index in [1.807, 2.05) is 36.4 Å². The van der Waals surface area contributed by atoms with Gasteiger partial charge in [0.2, 0.25) is 0 Å². The summed E-state index contributed by atoms with van der Waals surface area (Å²) in [6, 6.07) is 26.8. The first-order valence-corrected chi connectivity index (χ1v) is 9.11. The minimum Gasteiger partial charge on any atom is -0.352 e. The molecule has 1 unspecified atom stereocenters. The average molecular weight is 398 g/mol. The van der Waals surface area contributed by atoms with Gasteiger partial charge in [0, 0.05) is 23.2 Å². The number of guanidine groups is 1. The van der Waals surface area contributed by atoms with Crippen molar-refractivity contribution in [2.75, 3.05) is 11.9 Å². The van der Waals surface area contributed by atoms with E-state index in [1.54, 1.807) is 0 Å². The highest BCUT2D eigenvalue weighted by Gasteiger charge is 2.21. The largest absolute Gasteiger partial charge is 0.352 e. The second-order valence-electron chi connectivity index (χ2n) is 6.34. The zero-order valence-electron chi connectivity index (χ0n) is 14.7. The fourth-order valence-electron chi connectivity index (χ4n) is 3.22. The predicted octanol–water partition coefficient (Wildman–Crippen LogP) is 5.47. The molecular weight excluding hydrogens is 377 g/mol. The number of hydrogen-bond donors (Lipinski definition) is 2. The molecule has 5 heteroatoms. The van der Waals surface area contributed by atoms with Crippen LogP contribution in [0, 0.1) is 0 Å². The van der Waals surface area contributed by atoms with Gasteiger partial charge in [-0.2, -0.15) is 0 Å². The maximum Gasteiger partial charge on any atom is 0.196 e. The Balaban J connectivity index is 0.00000210. The first kappa shape index (κ1) is 19.3. The molecule has 27 heavy (non-hydrogen) atoms. The van der Waals surface area contributed by atoms with Crippen molar-refractivity contribution in [2.24, 2.45) is 4.99 Å². The van der Waals surface area contributed by atoms with Crippen LogP contribution < -0.4 is 10.6 Å². The number of halogens is 2. The lowest BCUT2D eigenvalue weighted by Crippen LogP contribution is -2.30. The third-order valence-corrected chi connectivity index (χ3v) is 4.85. The van der Waals surface area contributed by atoms with Gasteiger partial charge < -0.3 is 10.6 Å². The molecular formula is C22H21Cl2N3. The van der Waals surface area contributed by atoms with E-state index in [1.165, 1.54) is 16.7 Å². The van der Waals surface area contributed by atoms with E-state index in [0.717, 1.165) is 23.2 Å². The van der Waals surface area contributed by atoms with Crippen LogP contribution in [0.2, 0.25) is 5.02 Å². The Morgan fingerprint density at radius 2 is 1.63 bits per heavy atom. The Kier molecular flexibility index (Phi) is 6.38. The Bertz CT molecular complexity index is 908. The molecule has 0 spiro atoms. The van der Waals surface area contributed by atoms with Crippen molar-refractivity contribution >= 4 is 35.7 Å². The molecule has 0 saturated heterocycles. The molecule has 3 nitrogen and oxygen atoms in total. The summed E-state index contributed by atoms with van der Waals surface area (Å²) in [6.45, 7) is 1.42. The first-order valence-electron chi connectivity index (χ1n) is 8.73. The molecule has 0 aromatic heterocycles. The highest BCUT2D eigenvalue weighted by Crippen LogP contribution is 2.33. The first-order chi connectivity index (χ1) is 12.8. The maximum atomic E-state index is 6.06. The molecule has 3 aromatic rings. The number of nitrogens with zero attached hydrogens (tertiary/aromatic N) is 1. The second-order valence-corrected chi connectivity index (χ2v) is 6.78. The molecule has 4 rings (SSSR count). The number of para-hydroxylation sites is 1. The fourth-order valence-corrected chi connectivity index (χ4v) is 3.35. The van der Waals surface area contributed by atoms with Crippen LogP contribution in [0.1, 0.15) is 22.6 Å². The molecule has 0 aliphatic carbocycles. The fraction of sp³-hybridized carbons (Fsp3) is 0.136. The van der Waals surface area contributed by atoms with Crippen LogP contribution in [0.4, 0.5) is 5.69 Å². The van der Waals surface area contributed by atoms with Crippen LogP contribution in [-0.4, -0.2) is 12.5 Å². The zero-order chi connectivity index (χ0) is 17.8. The molecule has 1 atom stereocenters. The summed E-state index contributed by atoms with van der Waals surface area (Å²) in [5.74, 6) is 1.00. The van der Waals surface area contributed by atoms with Crippen molar-refractivity contribution in [2.45, 2.75) is 12.5 Å². The van der Waals surface area contributed by atoms with E-state index >= 15 is 0 Å². The van der Waals surface area contributed by atoms with E-state index in [0.29, 0.717) is 6.54 Å². The van der Waals surface area contributed by atoms with Gasteiger partial charge >= 0.3 is 0 Å². The molecule has 0 radical (unpaired) electrons. The van der Waals surface area contributed by atoms with Crippen LogP contribution in [0.15, 0.2) is 83.9 Å². The summed E-state index contributed by atoms with van der Waals surface area (Å²) >= 11 is 6.06. The van der Waals surface area contributed by atoms with Crippen molar-refractivity contribution in [3.05, 3.63) is 101 Å². The number of rotatable bonds is 3. The number of aliphatic imine (C=N–C) groups is 1. The van der Waals surface area contributed by atoms with Crippen molar-refractivity contribution < 1.29 is 0 Å². The summed E-state index contributed by atoms with van der Waals surface area (Å²) in [7, 11) is 0. The molecule has 0 fully saturated rings. The Labute approximate surface area is 170 Å². The minimum atomic E-state index is 0. The standard InChI is InChI=1S/C22H20ClN3.ClH/c23-18-12-10-17(11-13-18)20-15-25-22(24-14-16-6-2-1-3-7-16)26-21-9-5-4-8-19(20)21;/h1-13,20H,14-15H2,(H2,24,25,26);1H. The lowest BCUT2D eigenvalue weighted by atomic mass is 9.90. The van der Waals surface area contributed by atoms with Gasteiger partial charge in [0.1, 0.15) is 0 Å². The van der Waals surface area contributed by atoms with E-state index in [9.17, 15) is 0 Å². The third kappa shape index (κ3) is 4.62. The Morgan fingerprint density at radius 3 is 2.41 bits per heavy atom. The topological polar surface area (TPSA) is 36.4 Å². The monoisotopic (exact) mass is 397 g/mol. The summed E-state index contributed by atoms with van der Waals surface area (Å²) in [4.78, 5) is 4.79. The Hall–Kier alpha value is -2.49. The van der Waals surface area contributed by atoms with Crippen LogP contribution in [0.3, 0.4) is 0 Å². The lowest BCUT2D eigenvalue weighted by Gasteiger charge is -2.17. The smallest absolute Gasteiger partial charge is 0.196 e. The van der Waals surface area contributed by atoms with Gasteiger partial charge in [-0.3, -0.25) is 4.99 Å². The van der Waals surface area contributed by atoms with Crippen LogP contribution in [0.25, 0.3) is 0 Å². The molecule has 1 aliphatic rings. The molecule has 1 heterocycles. The van der Waals surface area contributed by atoms with Crippen LogP contribution in [0.5, 0.6) is 0 Å². The number of nitrogens with one attached hydrogen (secondary N) is 2. The molecule has 3 aromatic carbocycles. The number of benzene rings is 3. The van der Waals surface area contributed by atoms with E-state index in [-0.39, 0.29) is 18.3 Å². The molecule has 0 bridgehead atoms. The third-order valence-electron chi connectivity index (χ3n) is 4.60. The number of hydrogen-bond acceptors (Lipinski definition) is 3. The highest BCUT2D eigenvalue weighted by molar-refractivity contribution is 6.30. The molecule has 2 N–H and O–H groups in total. The summed E-state index contributed by atoms with van der Waals surface area (Å²) < 4.78 is 0.